The van der Waals surface area contributed by atoms with Crippen LogP contribution in [0.3, 0.4) is 0 Å². The highest BCUT2D eigenvalue weighted by atomic mass is 16.7. The summed E-state index contributed by atoms with van der Waals surface area (Å²) in [7, 11) is 0. The third-order valence-electron chi connectivity index (χ3n) is 11.9. The molecule has 2 rings (SSSR count). The predicted molar refractivity (Wildman–Crippen MR) is 270 cm³/mol. The Morgan fingerprint density at radius 1 is 0.457 bits per heavy atom. The molecule has 0 bridgehead atoms. The van der Waals surface area contributed by atoms with Crippen molar-refractivity contribution >= 4 is 11.9 Å². The van der Waals surface area contributed by atoms with Crippen molar-refractivity contribution in [2.75, 3.05) is 26.4 Å². The summed E-state index contributed by atoms with van der Waals surface area (Å²) in [4.78, 5) is 25.7. The number of unbranched alkanes of at least 4 members (excludes halogenated alkanes) is 11. The van der Waals surface area contributed by atoms with Crippen molar-refractivity contribution in [1.29, 1.82) is 0 Å². The predicted octanol–water partition coefficient (Wildman–Crippen LogP) is 7.60. The van der Waals surface area contributed by atoms with Crippen LogP contribution in [0.1, 0.15) is 155 Å². The van der Waals surface area contributed by atoms with Crippen molar-refractivity contribution in [1.82, 2.24) is 0 Å². The molecule has 0 aliphatic carbocycles. The third-order valence-corrected chi connectivity index (χ3v) is 11.9. The van der Waals surface area contributed by atoms with E-state index in [9.17, 15) is 45.3 Å². The maximum atomic E-state index is 13.0. The SMILES string of the molecule is CCCCC/C=C/C/C=C/C/C=C/C/C=C/C/C=C/CCC(=O)OC[C@@H](CO[C@@H]1O[C@H](CO[C@@H]2O[C@H](CO)[C@H](O)C(O)C2O)[C@H](O)C(O)C1O)OC(=O)CCCCCCC/C=C/C/C=C/CCCCC. The first-order chi connectivity index (χ1) is 34.0. The lowest BCUT2D eigenvalue weighted by Gasteiger charge is -2.42. The molecular formula is C55H90O15. The Bertz CT molecular complexity index is 1540. The summed E-state index contributed by atoms with van der Waals surface area (Å²) in [6.07, 6.45) is 33.3. The van der Waals surface area contributed by atoms with Crippen LogP contribution in [0, 0.1) is 0 Å². The second-order valence-corrected chi connectivity index (χ2v) is 18.0. The molecule has 2 saturated heterocycles. The van der Waals surface area contributed by atoms with Gasteiger partial charge in [0.15, 0.2) is 18.7 Å². The minimum absolute atomic E-state index is 0.0866. The quantitative estimate of drug-likeness (QED) is 0.0179. The van der Waals surface area contributed by atoms with Gasteiger partial charge in [0.05, 0.1) is 19.8 Å². The lowest BCUT2D eigenvalue weighted by Crippen LogP contribution is -2.61. The molecule has 0 aromatic carbocycles. The Kier molecular flexibility index (Phi) is 36.9. The molecule has 2 aliphatic rings. The zero-order valence-corrected chi connectivity index (χ0v) is 42.2. The maximum Gasteiger partial charge on any atom is 0.306 e. The van der Waals surface area contributed by atoms with Gasteiger partial charge in [-0.3, -0.25) is 9.59 Å². The molecule has 15 nitrogen and oxygen atoms in total. The van der Waals surface area contributed by atoms with E-state index in [-0.39, 0.29) is 19.4 Å². The average molecular weight is 991 g/mol. The van der Waals surface area contributed by atoms with Crippen molar-refractivity contribution in [2.24, 2.45) is 0 Å². The minimum Gasteiger partial charge on any atom is -0.462 e. The number of allylic oxidation sites excluding steroid dienone is 14. The van der Waals surface area contributed by atoms with Crippen LogP contribution >= 0.6 is 0 Å². The van der Waals surface area contributed by atoms with E-state index in [1.54, 1.807) is 0 Å². The molecule has 0 aromatic heterocycles. The van der Waals surface area contributed by atoms with Crippen LogP contribution in [0.2, 0.25) is 0 Å². The molecule has 0 saturated carbocycles. The number of carbonyl (C=O) groups excluding carboxylic acids is 2. The number of aliphatic hydroxyl groups is 7. The molecule has 0 spiro atoms. The molecule has 400 valence electrons. The van der Waals surface area contributed by atoms with Gasteiger partial charge in [-0.15, -0.1) is 0 Å². The van der Waals surface area contributed by atoms with Gasteiger partial charge in [0.25, 0.3) is 0 Å². The highest BCUT2D eigenvalue weighted by Crippen LogP contribution is 2.26. The summed E-state index contributed by atoms with van der Waals surface area (Å²) in [5.74, 6) is -1.04. The molecular weight excluding hydrogens is 901 g/mol. The molecule has 70 heavy (non-hydrogen) atoms. The lowest BCUT2D eigenvalue weighted by atomic mass is 9.98. The van der Waals surface area contributed by atoms with Gasteiger partial charge in [0.1, 0.15) is 55.4 Å². The number of aliphatic hydroxyl groups excluding tert-OH is 7. The average Bonchev–Trinajstić information content (AvgIpc) is 3.35. The van der Waals surface area contributed by atoms with Gasteiger partial charge in [-0.1, -0.05) is 144 Å². The molecule has 15 heteroatoms. The monoisotopic (exact) mass is 991 g/mol. The highest BCUT2D eigenvalue weighted by Gasteiger charge is 2.47. The fourth-order valence-electron chi connectivity index (χ4n) is 7.52. The van der Waals surface area contributed by atoms with E-state index in [0.29, 0.717) is 12.8 Å². The second-order valence-electron chi connectivity index (χ2n) is 18.0. The van der Waals surface area contributed by atoms with Crippen LogP contribution in [-0.2, 0) is 38.0 Å². The van der Waals surface area contributed by atoms with Crippen LogP contribution in [0.4, 0.5) is 0 Å². The zero-order valence-electron chi connectivity index (χ0n) is 42.2. The van der Waals surface area contributed by atoms with E-state index in [2.05, 4.69) is 86.8 Å². The van der Waals surface area contributed by atoms with Gasteiger partial charge in [-0.25, -0.2) is 0 Å². The first-order valence-corrected chi connectivity index (χ1v) is 26.2. The van der Waals surface area contributed by atoms with Gasteiger partial charge in [-0.05, 0) is 83.5 Å². The van der Waals surface area contributed by atoms with E-state index in [1.165, 1.54) is 38.5 Å². The fraction of sp³-hybridized carbons (Fsp3) is 0.709. The topological polar surface area (TPSA) is 231 Å². The van der Waals surface area contributed by atoms with Gasteiger partial charge in [0.2, 0.25) is 0 Å². The molecule has 11 atom stereocenters. The fourth-order valence-corrected chi connectivity index (χ4v) is 7.52. The number of esters is 2. The number of hydrogen-bond acceptors (Lipinski definition) is 15. The Labute approximate surface area is 418 Å². The van der Waals surface area contributed by atoms with Crippen LogP contribution < -0.4 is 0 Å². The van der Waals surface area contributed by atoms with Crippen LogP contribution in [0.25, 0.3) is 0 Å². The zero-order chi connectivity index (χ0) is 51.0. The van der Waals surface area contributed by atoms with Crippen molar-refractivity contribution in [3.05, 3.63) is 85.1 Å². The molecule has 0 aromatic rings. The van der Waals surface area contributed by atoms with Crippen molar-refractivity contribution in [3.63, 3.8) is 0 Å². The van der Waals surface area contributed by atoms with Crippen LogP contribution in [0.5, 0.6) is 0 Å². The van der Waals surface area contributed by atoms with Gasteiger partial charge in [-0.2, -0.15) is 0 Å². The number of ether oxygens (including phenoxy) is 6. The Morgan fingerprint density at radius 2 is 0.886 bits per heavy atom. The van der Waals surface area contributed by atoms with E-state index in [4.69, 9.17) is 28.4 Å². The van der Waals surface area contributed by atoms with E-state index in [1.807, 2.05) is 12.2 Å². The number of carbonyl (C=O) groups is 2. The Balaban J connectivity index is 1.85. The van der Waals surface area contributed by atoms with E-state index >= 15 is 0 Å². The molecule has 7 N–H and O–H groups in total. The highest BCUT2D eigenvalue weighted by molar-refractivity contribution is 5.70. The summed E-state index contributed by atoms with van der Waals surface area (Å²) < 4.78 is 33.5. The smallest absolute Gasteiger partial charge is 0.306 e. The normalized spacial score (nSPS) is 26.1. The lowest BCUT2D eigenvalue weighted by molar-refractivity contribution is -0.332. The summed E-state index contributed by atoms with van der Waals surface area (Å²) in [5, 5.41) is 72.1. The molecule has 0 amide bonds. The Hall–Kier alpha value is -3.32. The standard InChI is InChI=1S/C55H90O15/c1-3-5-7-9-11-13-15-17-19-20-21-22-24-25-27-29-31-33-35-37-46(57)65-40-43(68-47(58)38-36-34-32-30-28-26-23-18-16-14-12-10-8-6-4-2)41-66-54-53(64)51(62)49(60)45(70-54)42-67-55-52(63)50(61)48(59)44(39-56)69-55/h11-14,17-19,21-23,25,27,31,33,43-45,48-56,59-64H,3-10,15-16,20,24,26,28-30,32,34-42H2,1-2H3/b13-11+,14-12+,19-17+,22-21+,23-18+,27-25+,33-31+/t43-,44+,45+,48-,49-,50?,51?,52?,53?,54+,55+/m0/s1. The first-order valence-electron chi connectivity index (χ1n) is 26.2. The van der Waals surface area contributed by atoms with Gasteiger partial charge < -0.3 is 64.2 Å². The summed E-state index contributed by atoms with van der Waals surface area (Å²) in [6, 6.07) is 0. The number of hydrogen-bond donors (Lipinski definition) is 7. The molecule has 2 heterocycles. The largest absolute Gasteiger partial charge is 0.462 e. The van der Waals surface area contributed by atoms with Crippen LogP contribution in [0.15, 0.2) is 85.1 Å². The van der Waals surface area contributed by atoms with Crippen molar-refractivity contribution in [2.45, 2.75) is 223 Å². The minimum atomic E-state index is -1.78. The molecule has 2 aliphatic heterocycles. The van der Waals surface area contributed by atoms with E-state index in [0.717, 1.165) is 77.0 Å². The summed E-state index contributed by atoms with van der Waals surface area (Å²) >= 11 is 0. The van der Waals surface area contributed by atoms with Crippen molar-refractivity contribution < 1.29 is 73.8 Å². The Morgan fingerprint density at radius 3 is 1.40 bits per heavy atom. The van der Waals surface area contributed by atoms with Crippen molar-refractivity contribution in [3.8, 4) is 0 Å². The third kappa shape index (κ3) is 28.7. The maximum absolute atomic E-state index is 13.0. The molecule has 2 fully saturated rings. The van der Waals surface area contributed by atoms with Crippen LogP contribution in [-0.4, -0.2) is 142 Å². The molecule has 4 unspecified atom stereocenters. The van der Waals surface area contributed by atoms with Gasteiger partial charge in [0, 0.05) is 12.8 Å². The number of rotatable bonds is 39. The summed E-state index contributed by atoms with van der Waals surface area (Å²) in [5.41, 5.74) is 0. The summed E-state index contributed by atoms with van der Waals surface area (Å²) in [6.45, 7) is 2.42. The first kappa shape index (κ1) is 62.8. The van der Waals surface area contributed by atoms with E-state index < -0.39 is 99.3 Å². The molecule has 0 radical (unpaired) electrons. The van der Waals surface area contributed by atoms with Gasteiger partial charge >= 0.3 is 11.9 Å². The second kappa shape index (κ2) is 41.2.